The fourth-order valence-corrected chi connectivity index (χ4v) is 2.94. The SMILES string of the molecule is C[C@@H](C[C@@H](Cc1ccc(-c2ccccc2)cc1)NC(=O)OC(C)(C)C)C(=O)O.[KH]. The number of hydrogen-bond donors (Lipinski definition) is 2. The molecule has 0 fully saturated rings. The van der Waals surface area contributed by atoms with Gasteiger partial charge in [0.1, 0.15) is 5.60 Å². The average molecular weight is 424 g/mol. The van der Waals surface area contributed by atoms with Crippen LogP contribution in [0.2, 0.25) is 0 Å². The Bertz CT molecular complexity index is 785. The molecule has 0 spiro atoms. The van der Waals surface area contributed by atoms with Crippen molar-refractivity contribution in [3.05, 3.63) is 60.2 Å². The number of hydrogen-bond acceptors (Lipinski definition) is 3. The van der Waals surface area contributed by atoms with Gasteiger partial charge in [0.05, 0.1) is 5.92 Å². The monoisotopic (exact) mass is 423 g/mol. The van der Waals surface area contributed by atoms with Gasteiger partial charge in [0.2, 0.25) is 0 Å². The van der Waals surface area contributed by atoms with Gasteiger partial charge in [-0.05, 0) is 50.3 Å². The number of rotatable bonds is 7. The number of carboxylic acids is 1. The molecule has 2 rings (SSSR count). The summed E-state index contributed by atoms with van der Waals surface area (Å²) in [5.41, 5.74) is 2.67. The summed E-state index contributed by atoms with van der Waals surface area (Å²) in [6, 6.07) is 17.8. The number of carbonyl (C=O) groups excluding carboxylic acids is 1. The van der Waals surface area contributed by atoms with Gasteiger partial charge in [-0.2, -0.15) is 0 Å². The summed E-state index contributed by atoms with van der Waals surface area (Å²) in [5.74, 6) is -1.45. The van der Waals surface area contributed by atoms with Crippen LogP contribution in [0.5, 0.6) is 0 Å². The number of nitrogens with one attached hydrogen (secondary N) is 1. The van der Waals surface area contributed by atoms with E-state index in [2.05, 4.69) is 17.4 Å². The molecule has 152 valence electrons. The minimum atomic E-state index is -0.879. The molecule has 0 saturated heterocycles. The third kappa shape index (κ3) is 9.44. The maximum atomic E-state index is 12.2. The predicted molar refractivity (Wildman–Crippen MR) is 117 cm³/mol. The molecule has 0 saturated carbocycles. The van der Waals surface area contributed by atoms with Gasteiger partial charge in [-0.25, -0.2) is 4.79 Å². The van der Waals surface area contributed by atoms with Crippen LogP contribution >= 0.6 is 0 Å². The van der Waals surface area contributed by atoms with Crippen molar-refractivity contribution >= 4 is 63.4 Å². The molecule has 0 aliphatic rings. The van der Waals surface area contributed by atoms with Gasteiger partial charge in [0.25, 0.3) is 0 Å². The van der Waals surface area contributed by atoms with E-state index in [1.165, 1.54) is 0 Å². The van der Waals surface area contributed by atoms with Crippen LogP contribution in [-0.2, 0) is 16.0 Å². The zero-order valence-electron chi connectivity index (χ0n) is 16.9. The van der Waals surface area contributed by atoms with Crippen LogP contribution < -0.4 is 5.32 Å². The van der Waals surface area contributed by atoms with Crippen molar-refractivity contribution in [1.29, 1.82) is 0 Å². The van der Waals surface area contributed by atoms with E-state index in [9.17, 15) is 14.7 Å². The number of aliphatic carboxylic acids is 1. The molecule has 2 aromatic carbocycles. The van der Waals surface area contributed by atoms with E-state index in [4.69, 9.17) is 4.74 Å². The standard InChI is InChI=1S/C23H29NO4.K.H/c1-16(21(25)26)14-20(24-22(27)28-23(2,3)4)15-17-10-12-19(13-11-17)18-8-6-5-7-9-18;;/h5-13,16,20H,14-15H2,1-4H3,(H,24,27)(H,25,26);;/t16-,20-;;/m0../s1. The van der Waals surface area contributed by atoms with Crippen molar-refractivity contribution in [3.63, 3.8) is 0 Å². The van der Waals surface area contributed by atoms with E-state index in [1.807, 2.05) is 42.5 Å². The molecule has 0 aromatic heterocycles. The Labute approximate surface area is 215 Å². The van der Waals surface area contributed by atoms with Gasteiger partial charge in [0.15, 0.2) is 0 Å². The quantitative estimate of drug-likeness (QED) is 0.653. The van der Waals surface area contributed by atoms with Crippen molar-refractivity contribution in [3.8, 4) is 11.1 Å². The predicted octanol–water partition coefficient (Wildman–Crippen LogP) is 4.25. The summed E-state index contributed by atoms with van der Waals surface area (Å²) in [6.45, 7) is 7.03. The molecule has 1 amide bonds. The Morgan fingerprint density at radius 1 is 1.00 bits per heavy atom. The first-order chi connectivity index (χ1) is 13.1. The second-order valence-electron chi connectivity index (χ2n) is 8.09. The van der Waals surface area contributed by atoms with Gasteiger partial charge >= 0.3 is 63.4 Å². The average Bonchev–Trinajstić information content (AvgIpc) is 2.61. The maximum absolute atomic E-state index is 12.2. The molecular formula is C23H30KNO4. The van der Waals surface area contributed by atoms with Gasteiger partial charge in [-0.15, -0.1) is 0 Å². The van der Waals surface area contributed by atoms with E-state index < -0.39 is 23.6 Å². The third-order valence-electron chi connectivity index (χ3n) is 4.32. The van der Waals surface area contributed by atoms with Crippen molar-refractivity contribution in [2.45, 2.75) is 52.2 Å². The molecule has 5 nitrogen and oxygen atoms in total. The van der Waals surface area contributed by atoms with Gasteiger partial charge in [-0.1, -0.05) is 61.5 Å². The summed E-state index contributed by atoms with van der Waals surface area (Å²) in [5, 5.41) is 12.1. The number of amides is 1. The molecule has 29 heavy (non-hydrogen) atoms. The fraction of sp³-hybridized carbons (Fsp3) is 0.391. The zero-order valence-corrected chi connectivity index (χ0v) is 16.9. The molecule has 0 aliphatic carbocycles. The van der Waals surface area contributed by atoms with Crippen LogP contribution in [0, 0.1) is 5.92 Å². The second kappa shape index (κ2) is 11.9. The Hall–Kier alpha value is -1.18. The van der Waals surface area contributed by atoms with Crippen LogP contribution in [0.25, 0.3) is 11.1 Å². The topological polar surface area (TPSA) is 75.6 Å². The molecule has 2 N–H and O–H groups in total. The van der Waals surface area contributed by atoms with Crippen LogP contribution in [0.1, 0.15) is 39.7 Å². The first kappa shape index (κ1) is 25.9. The third-order valence-corrected chi connectivity index (χ3v) is 4.32. The van der Waals surface area contributed by atoms with E-state index in [0.29, 0.717) is 12.8 Å². The van der Waals surface area contributed by atoms with Crippen molar-refractivity contribution in [1.82, 2.24) is 5.32 Å². The van der Waals surface area contributed by atoms with E-state index in [0.717, 1.165) is 16.7 Å². The molecule has 6 heteroatoms. The summed E-state index contributed by atoms with van der Waals surface area (Å²) in [6.07, 6.45) is 0.331. The number of carbonyl (C=O) groups is 2. The second-order valence-corrected chi connectivity index (χ2v) is 8.09. The Morgan fingerprint density at radius 2 is 1.55 bits per heavy atom. The Morgan fingerprint density at radius 3 is 2.07 bits per heavy atom. The van der Waals surface area contributed by atoms with Crippen LogP contribution in [0.15, 0.2) is 54.6 Å². The number of alkyl carbamates (subject to hydrolysis) is 1. The van der Waals surface area contributed by atoms with Gasteiger partial charge in [0, 0.05) is 6.04 Å². The Kier molecular flexibility index (Phi) is 10.6. The molecule has 0 unspecified atom stereocenters. The number of carboxylic acid groups (broad SMARTS) is 1. The van der Waals surface area contributed by atoms with Gasteiger partial charge < -0.3 is 15.2 Å². The zero-order chi connectivity index (χ0) is 20.7. The van der Waals surface area contributed by atoms with Crippen molar-refractivity contribution in [2.24, 2.45) is 5.92 Å². The van der Waals surface area contributed by atoms with Gasteiger partial charge in [-0.3, -0.25) is 4.79 Å². The molecule has 2 aromatic rings. The normalized spacial score (nSPS) is 13.0. The number of ether oxygens (including phenoxy) is 1. The number of benzene rings is 2. The van der Waals surface area contributed by atoms with Crippen LogP contribution in [0.4, 0.5) is 4.79 Å². The minimum absolute atomic E-state index is 0. The molecular weight excluding hydrogens is 393 g/mol. The molecule has 0 heterocycles. The molecule has 0 aliphatic heterocycles. The van der Waals surface area contributed by atoms with E-state index in [-0.39, 0.29) is 57.4 Å². The fourth-order valence-electron chi connectivity index (χ4n) is 2.94. The summed E-state index contributed by atoms with van der Waals surface area (Å²) < 4.78 is 5.33. The van der Waals surface area contributed by atoms with E-state index >= 15 is 0 Å². The summed E-state index contributed by atoms with van der Waals surface area (Å²) in [4.78, 5) is 23.4. The molecule has 0 radical (unpaired) electrons. The summed E-state index contributed by atoms with van der Waals surface area (Å²) in [7, 11) is 0. The first-order valence-electron chi connectivity index (χ1n) is 9.51. The van der Waals surface area contributed by atoms with Crippen molar-refractivity contribution in [2.75, 3.05) is 0 Å². The van der Waals surface area contributed by atoms with Crippen molar-refractivity contribution < 1.29 is 19.4 Å². The Balaban J connectivity index is 0.00000420. The first-order valence-corrected chi connectivity index (χ1v) is 9.51. The van der Waals surface area contributed by atoms with Crippen LogP contribution in [-0.4, -0.2) is 80.2 Å². The van der Waals surface area contributed by atoms with E-state index in [1.54, 1.807) is 27.7 Å². The van der Waals surface area contributed by atoms with Crippen LogP contribution in [0.3, 0.4) is 0 Å². The molecule has 2 atom stereocenters. The summed E-state index contributed by atoms with van der Waals surface area (Å²) >= 11 is 0. The molecule has 0 bridgehead atoms.